The largest absolute Gasteiger partial charge is 0.492 e. The number of ether oxygens (including phenoxy) is 1. The van der Waals surface area contributed by atoms with Gasteiger partial charge in [0.05, 0.1) is 18.8 Å². The summed E-state index contributed by atoms with van der Waals surface area (Å²) in [5.41, 5.74) is 2.28. The highest BCUT2D eigenvalue weighted by Gasteiger charge is 2.13. The van der Waals surface area contributed by atoms with Crippen LogP contribution in [0.15, 0.2) is 43.0 Å². The Morgan fingerprint density at radius 1 is 1.10 bits per heavy atom. The SMILES string of the molecule is CCCOc1cncc(C(NCC)c2ccncc2)c1. The van der Waals surface area contributed by atoms with Crippen LogP contribution in [0.4, 0.5) is 0 Å². The van der Waals surface area contributed by atoms with Gasteiger partial charge in [0.25, 0.3) is 0 Å². The van der Waals surface area contributed by atoms with E-state index in [0.717, 1.165) is 24.3 Å². The molecule has 2 aromatic heterocycles. The van der Waals surface area contributed by atoms with Crippen LogP contribution in [0.5, 0.6) is 5.75 Å². The zero-order chi connectivity index (χ0) is 14.2. The van der Waals surface area contributed by atoms with Gasteiger partial charge in [0.2, 0.25) is 0 Å². The number of nitrogens with zero attached hydrogens (tertiary/aromatic N) is 2. The zero-order valence-corrected chi connectivity index (χ0v) is 12.0. The summed E-state index contributed by atoms with van der Waals surface area (Å²) in [4.78, 5) is 8.36. The van der Waals surface area contributed by atoms with Gasteiger partial charge in [-0.2, -0.15) is 0 Å². The van der Waals surface area contributed by atoms with E-state index in [1.807, 2.05) is 30.7 Å². The molecule has 0 saturated carbocycles. The molecule has 1 N–H and O–H groups in total. The van der Waals surface area contributed by atoms with Crippen molar-refractivity contribution in [2.24, 2.45) is 0 Å². The van der Waals surface area contributed by atoms with Crippen LogP contribution < -0.4 is 10.1 Å². The van der Waals surface area contributed by atoms with Crippen LogP contribution in [0.1, 0.15) is 37.4 Å². The van der Waals surface area contributed by atoms with Crippen LogP contribution >= 0.6 is 0 Å². The minimum Gasteiger partial charge on any atom is -0.492 e. The molecular formula is C16H21N3O. The monoisotopic (exact) mass is 271 g/mol. The number of aromatic nitrogens is 2. The van der Waals surface area contributed by atoms with Gasteiger partial charge in [0.15, 0.2) is 0 Å². The fraction of sp³-hybridized carbons (Fsp3) is 0.375. The molecule has 0 radical (unpaired) electrons. The molecule has 106 valence electrons. The molecule has 20 heavy (non-hydrogen) atoms. The molecule has 1 atom stereocenters. The van der Waals surface area contributed by atoms with Crippen molar-refractivity contribution in [3.8, 4) is 5.75 Å². The van der Waals surface area contributed by atoms with E-state index in [-0.39, 0.29) is 6.04 Å². The van der Waals surface area contributed by atoms with E-state index in [1.165, 1.54) is 5.56 Å². The number of pyridine rings is 2. The standard InChI is InChI=1S/C16H21N3O/c1-3-9-20-15-10-14(11-18-12-15)16(19-4-2)13-5-7-17-8-6-13/h5-8,10-12,16,19H,3-4,9H2,1-2H3. The summed E-state index contributed by atoms with van der Waals surface area (Å²) in [6.07, 6.45) is 8.25. The van der Waals surface area contributed by atoms with Crippen LogP contribution in [-0.2, 0) is 0 Å². The maximum absolute atomic E-state index is 5.66. The molecule has 1 unspecified atom stereocenters. The molecule has 0 bridgehead atoms. The first-order valence-corrected chi connectivity index (χ1v) is 7.06. The smallest absolute Gasteiger partial charge is 0.137 e. The van der Waals surface area contributed by atoms with Crippen molar-refractivity contribution in [1.29, 1.82) is 0 Å². The third-order valence-electron chi connectivity index (χ3n) is 2.99. The van der Waals surface area contributed by atoms with Gasteiger partial charge in [-0.05, 0) is 42.3 Å². The van der Waals surface area contributed by atoms with Crippen molar-refractivity contribution in [3.63, 3.8) is 0 Å². The Labute approximate surface area is 120 Å². The fourth-order valence-corrected chi connectivity index (χ4v) is 2.08. The molecule has 0 fully saturated rings. The molecule has 0 aliphatic carbocycles. The average molecular weight is 271 g/mol. The summed E-state index contributed by atoms with van der Waals surface area (Å²) >= 11 is 0. The summed E-state index contributed by atoms with van der Waals surface area (Å²) in [5, 5.41) is 3.48. The van der Waals surface area contributed by atoms with E-state index in [9.17, 15) is 0 Å². The van der Waals surface area contributed by atoms with E-state index >= 15 is 0 Å². The van der Waals surface area contributed by atoms with E-state index in [1.54, 1.807) is 6.20 Å². The number of rotatable bonds is 7. The lowest BCUT2D eigenvalue weighted by Gasteiger charge is -2.19. The lowest BCUT2D eigenvalue weighted by atomic mass is 10.0. The van der Waals surface area contributed by atoms with Crippen molar-refractivity contribution in [2.75, 3.05) is 13.2 Å². The van der Waals surface area contributed by atoms with E-state index in [2.05, 4.69) is 35.2 Å². The number of nitrogens with one attached hydrogen (secondary N) is 1. The van der Waals surface area contributed by atoms with Crippen LogP contribution in [0.2, 0.25) is 0 Å². The molecular weight excluding hydrogens is 250 g/mol. The Bertz CT molecular complexity index is 516. The summed E-state index contributed by atoms with van der Waals surface area (Å²) in [7, 11) is 0. The molecule has 4 nitrogen and oxygen atoms in total. The van der Waals surface area contributed by atoms with Crippen LogP contribution in [0, 0.1) is 0 Å². The zero-order valence-electron chi connectivity index (χ0n) is 12.0. The van der Waals surface area contributed by atoms with E-state index in [4.69, 9.17) is 4.74 Å². The Morgan fingerprint density at radius 2 is 1.90 bits per heavy atom. The first-order valence-electron chi connectivity index (χ1n) is 7.06. The molecule has 0 saturated heterocycles. The highest BCUT2D eigenvalue weighted by Crippen LogP contribution is 2.23. The maximum Gasteiger partial charge on any atom is 0.137 e. The lowest BCUT2D eigenvalue weighted by molar-refractivity contribution is 0.315. The highest BCUT2D eigenvalue weighted by atomic mass is 16.5. The minimum atomic E-state index is 0.112. The Balaban J connectivity index is 2.25. The van der Waals surface area contributed by atoms with Gasteiger partial charge in [0, 0.05) is 18.6 Å². The topological polar surface area (TPSA) is 47.0 Å². The van der Waals surface area contributed by atoms with Crippen molar-refractivity contribution in [1.82, 2.24) is 15.3 Å². The summed E-state index contributed by atoms with van der Waals surface area (Å²) in [5.74, 6) is 0.821. The van der Waals surface area contributed by atoms with Gasteiger partial charge in [-0.3, -0.25) is 9.97 Å². The molecule has 4 heteroatoms. The average Bonchev–Trinajstić information content (AvgIpc) is 2.52. The molecule has 0 amide bonds. The van der Waals surface area contributed by atoms with Crippen LogP contribution in [0.3, 0.4) is 0 Å². The molecule has 0 aromatic carbocycles. The molecule has 2 heterocycles. The lowest BCUT2D eigenvalue weighted by Crippen LogP contribution is -2.22. The van der Waals surface area contributed by atoms with Gasteiger partial charge >= 0.3 is 0 Å². The highest BCUT2D eigenvalue weighted by molar-refractivity contribution is 5.33. The minimum absolute atomic E-state index is 0.112. The van der Waals surface area contributed by atoms with Gasteiger partial charge < -0.3 is 10.1 Å². The normalized spacial score (nSPS) is 12.1. The molecule has 2 aromatic rings. The summed E-state index contributed by atoms with van der Waals surface area (Å²) in [6, 6.07) is 6.21. The van der Waals surface area contributed by atoms with Crippen molar-refractivity contribution >= 4 is 0 Å². The number of hydrogen-bond acceptors (Lipinski definition) is 4. The Morgan fingerprint density at radius 3 is 2.60 bits per heavy atom. The van der Waals surface area contributed by atoms with Crippen molar-refractivity contribution in [3.05, 3.63) is 54.1 Å². The van der Waals surface area contributed by atoms with E-state index in [0.29, 0.717) is 6.61 Å². The summed E-state index contributed by atoms with van der Waals surface area (Å²) in [6.45, 7) is 5.79. The number of hydrogen-bond donors (Lipinski definition) is 1. The first kappa shape index (κ1) is 14.5. The second-order valence-electron chi connectivity index (χ2n) is 4.57. The molecule has 0 spiro atoms. The first-order chi connectivity index (χ1) is 9.85. The molecule has 0 aliphatic rings. The van der Waals surface area contributed by atoms with Gasteiger partial charge in [0.1, 0.15) is 5.75 Å². The second kappa shape index (κ2) is 7.60. The van der Waals surface area contributed by atoms with Crippen LogP contribution in [0.25, 0.3) is 0 Å². The third kappa shape index (κ3) is 3.78. The summed E-state index contributed by atoms with van der Waals surface area (Å²) < 4.78 is 5.66. The van der Waals surface area contributed by atoms with E-state index < -0.39 is 0 Å². The predicted octanol–water partition coefficient (Wildman–Crippen LogP) is 2.96. The molecule has 0 aliphatic heterocycles. The van der Waals surface area contributed by atoms with Gasteiger partial charge in [-0.25, -0.2) is 0 Å². The predicted molar refractivity (Wildman–Crippen MR) is 79.8 cm³/mol. The Hall–Kier alpha value is -1.94. The third-order valence-corrected chi connectivity index (χ3v) is 2.99. The van der Waals surface area contributed by atoms with Crippen LogP contribution in [-0.4, -0.2) is 23.1 Å². The molecule has 2 rings (SSSR count). The second-order valence-corrected chi connectivity index (χ2v) is 4.57. The van der Waals surface area contributed by atoms with Crippen molar-refractivity contribution in [2.45, 2.75) is 26.3 Å². The Kier molecular flexibility index (Phi) is 5.50. The van der Waals surface area contributed by atoms with Gasteiger partial charge in [-0.15, -0.1) is 0 Å². The maximum atomic E-state index is 5.66. The van der Waals surface area contributed by atoms with Crippen molar-refractivity contribution < 1.29 is 4.74 Å². The quantitative estimate of drug-likeness (QED) is 0.841. The fourth-order valence-electron chi connectivity index (χ4n) is 2.08. The van der Waals surface area contributed by atoms with Gasteiger partial charge in [-0.1, -0.05) is 13.8 Å².